The van der Waals surface area contributed by atoms with Crippen LogP contribution in [0.5, 0.6) is 0 Å². The first kappa shape index (κ1) is 13.4. The Balaban J connectivity index is 1.83. The van der Waals surface area contributed by atoms with Crippen LogP contribution in [0.2, 0.25) is 0 Å². The monoisotopic (exact) mass is 238 g/mol. The molecule has 2 fully saturated rings. The first-order valence-corrected chi connectivity index (χ1v) is 7.51. The summed E-state index contributed by atoms with van der Waals surface area (Å²) in [6.07, 6.45) is 7.03. The lowest BCUT2D eigenvalue weighted by Gasteiger charge is -2.35. The molecular formula is C15H30N2. The van der Waals surface area contributed by atoms with Gasteiger partial charge >= 0.3 is 0 Å². The van der Waals surface area contributed by atoms with Crippen LogP contribution in [0.3, 0.4) is 0 Å². The van der Waals surface area contributed by atoms with Crippen LogP contribution in [-0.4, -0.2) is 37.1 Å². The van der Waals surface area contributed by atoms with Crippen molar-refractivity contribution in [1.82, 2.24) is 10.2 Å². The molecule has 0 aromatic carbocycles. The number of piperidine rings is 1. The van der Waals surface area contributed by atoms with Crippen LogP contribution in [0.1, 0.15) is 52.9 Å². The van der Waals surface area contributed by atoms with Crippen LogP contribution in [0.15, 0.2) is 0 Å². The van der Waals surface area contributed by atoms with Crippen molar-refractivity contribution in [3.8, 4) is 0 Å². The third-order valence-electron chi connectivity index (χ3n) is 4.44. The first-order chi connectivity index (χ1) is 8.06. The van der Waals surface area contributed by atoms with Crippen molar-refractivity contribution in [3.05, 3.63) is 0 Å². The molecule has 2 nitrogen and oxygen atoms in total. The van der Waals surface area contributed by atoms with Crippen molar-refractivity contribution >= 4 is 0 Å². The first-order valence-electron chi connectivity index (χ1n) is 7.51. The Morgan fingerprint density at radius 1 is 1.18 bits per heavy atom. The third-order valence-corrected chi connectivity index (χ3v) is 4.44. The maximum Gasteiger partial charge on any atom is 0.0136 e. The summed E-state index contributed by atoms with van der Waals surface area (Å²) in [6.45, 7) is 12.2. The van der Waals surface area contributed by atoms with E-state index >= 15 is 0 Å². The highest BCUT2D eigenvalue weighted by Gasteiger charge is 2.32. The van der Waals surface area contributed by atoms with Gasteiger partial charge in [0.2, 0.25) is 0 Å². The predicted octanol–water partition coefficient (Wildman–Crippen LogP) is 2.89. The van der Waals surface area contributed by atoms with Crippen molar-refractivity contribution in [2.75, 3.05) is 26.2 Å². The zero-order valence-electron chi connectivity index (χ0n) is 12.0. The summed E-state index contributed by atoms with van der Waals surface area (Å²) < 4.78 is 0. The highest BCUT2D eigenvalue weighted by atomic mass is 15.2. The van der Waals surface area contributed by atoms with Crippen LogP contribution >= 0.6 is 0 Å². The molecule has 2 aliphatic rings. The standard InChI is InChI=1S/C15H30N2/c1-15(2,3)8-11-17-10-5-7-14(17)13-6-4-9-16-12-13/h13-14,16H,4-12H2,1-3H3. The van der Waals surface area contributed by atoms with Crippen LogP contribution in [0.4, 0.5) is 0 Å². The molecule has 1 N–H and O–H groups in total. The molecule has 2 aliphatic heterocycles. The number of likely N-dealkylation sites (tertiary alicyclic amines) is 1. The summed E-state index contributed by atoms with van der Waals surface area (Å²) in [5.74, 6) is 0.922. The Morgan fingerprint density at radius 2 is 2.00 bits per heavy atom. The SMILES string of the molecule is CC(C)(C)CCN1CCCC1C1CCCNC1. The maximum absolute atomic E-state index is 3.58. The summed E-state index contributed by atoms with van der Waals surface area (Å²) in [4.78, 5) is 2.78. The largest absolute Gasteiger partial charge is 0.316 e. The highest BCUT2D eigenvalue weighted by molar-refractivity contribution is 4.88. The van der Waals surface area contributed by atoms with Crippen molar-refractivity contribution in [1.29, 1.82) is 0 Å². The Labute approximate surface area is 107 Å². The third kappa shape index (κ3) is 3.96. The summed E-state index contributed by atoms with van der Waals surface area (Å²) >= 11 is 0. The molecule has 0 radical (unpaired) electrons. The summed E-state index contributed by atoms with van der Waals surface area (Å²) in [7, 11) is 0. The number of hydrogen-bond donors (Lipinski definition) is 1. The van der Waals surface area contributed by atoms with E-state index in [-0.39, 0.29) is 0 Å². The number of hydrogen-bond acceptors (Lipinski definition) is 2. The zero-order chi connectivity index (χ0) is 12.3. The fraction of sp³-hybridized carbons (Fsp3) is 1.00. The van der Waals surface area contributed by atoms with E-state index < -0.39 is 0 Å². The molecule has 2 rings (SSSR count). The molecule has 2 heteroatoms. The van der Waals surface area contributed by atoms with Gasteiger partial charge in [0.1, 0.15) is 0 Å². The van der Waals surface area contributed by atoms with Gasteiger partial charge in [-0.3, -0.25) is 0 Å². The van der Waals surface area contributed by atoms with Gasteiger partial charge in [0.05, 0.1) is 0 Å². The predicted molar refractivity (Wildman–Crippen MR) is 74.3 cm³/mol. The Kier molecular flexibility index (Phi) is 4.48. The van der Waals surface area contributed by atoms with Gasteiger partial charge in [-0.15, -0.1) is 0 Å². The van der Waals surface area contributed by atoms with Gasteiger partial charge in [0.25, 0.3) is 0 Å². The van der Waals surface area contributed by atoms with Gasteiger partial charge < -0.3 is 10.2 Å². The van der Waals surface area contributed by atoms with E-state index in [0.29, 0.717) is 5.41 Å². The second-order valence-electron chi connectivity index (χ2n) is 7.16. The van der Waals surface area contributed by atoms with E-state index in [1.54, 1.807) is 0 Å². The fourth-order valence-corrected chi connectivity index (χ4v) is 3.35. The average molecular weight is 238 g/mol. The van der Waals surface area contributed by atoms with Gasteiger partial charge in [0.15, 0.2) is 0 Å². The molecule has 100 valence electrons. The highest BCUT2D eigenvalue weighted by Crippen LogP contribution is 2.30. The minimum Gasteiger partial charge on any atom is -0.316 e. The molecule has 0 aliphatic carbocycles. The van der Waals surface area contributed by atoms with E-state index in [1.807, 2.05) is 0 Å². The molecule has 0 aromatic rings. The molecular weight excluding hydrogens is 208 g/mol. The van der Waals surface area contributed by atoms with Crippen molar-refractivity contribution in [2.24, 2.45) is 11.3 Å². The quantitative estimate of drug-likeness (QED) is 0.813. The smallest absolute Gasteiger partial charge is 0.0136 e. The van der Waals surface area contributed by atoms with Gasteiger partial charge in [-0.2, -0.15) is 0 Å². The Hall–Kier alpha value is -0.0800. The van der Waals surface area contributed by atoms with Crippen LogP contribution in [0.25, 0.3) is 0 Å². The van der Waals surface area contributed by atoms with Crippen LogP contribution in [-0.2, 0) is 0 Å². The molecule has 0 aromatic heterocycles. The Morgan fingerprint density at radius 3 is 2.65 bits per heavy atom. The minimum absolute atomic E-state index is 0.484. The van der Waals surface area contributed by atoms with E-state index in [4.69, 9.17) is 0 Å². The van der Waals surface area contributed by atoms with Crippen LogP contribution in [0, 0.1) is 11.3 Å². The van der Waals surface area contributed by atoms with E-state index in [0.717, 1.165) is 12.0 Å². The van der Waals surface area contributed by atoms with Crippen LogP contribution < -0.4 is 5.32 Å². The summed E-state index contributed by atoms with van der Waals surface area (Å²) in [5, 5.41) is 3.58. The molecule has 0 amide bonds. The molecule has 0 bridgehead atoms. The van der Waals surface area contributed by atoms with Gasteiger partial charge in [-0.25, -0.2) is 0 Å². The molecule has 0 saturated carbocycles. The van der Waals surface area contributed by atoms with Crippen molar-refractivity contribution in [2.45, 2.75) is 58.9 Å². The van der Waals surface area contributed by atoms with Gasteiger partial charge in [-0.1, -0.05) is 20.8 Å². The lowest BCUT2D eigenvalue weighted by atomic mass is 9.88. The second-order valence-corrected chi connectivity index (χ2v) is 7.16. The molecule has 2 saturated heterocycles. The normalized spacial score (nSPS) is 31.9. The van der Waals surface area contributed by atoms with Gasteiger partial charge in [0, 0.05) is 6.04 Å². The van der Waals surface area contributed by atoms with Gasteiger partial charge in [-0.05, 0) is 69.6 Å². The number of rotatable bonds is 3. The van der Waals surface area contributed by atoms with E-state index in [9.17, 15) is 0 Å². The lowest BCUT2D eigenvalue weighted by Crippen LogP contribution is -2.44. The number of nitrogens with one attached hydrogen (secondary N) is 1. The maximum atomic E-state index is 3.58. The molecule has 2 heterocycles. The minimum atomic E-state index is 0.484. The van der Waals surface area contributed by atoms with Crippen molar-refractivity contribution < 1.29 is 0 Å². The lowest BCUT2D eigenvalue weighted by molar-refractivity contribution is 0.148. The zero-order valence-corrected chi connectivity index (χ0v) is 12.0. The topological polar surface area (TPSA) is 15.3 Å². The molecule has 2 atom stereocenters. The van der Waals surface area contributed by atoms with Crippen molar-refractivity contribution in [3.63, 3.8) is 0 Å². The van der Waals surface area contributed by atoms with E-state index in [2.05, 4.69) is 31.0 Å². The molecule has 0 spiro atoms. The summed E-state index contributed by atoms with van der Waals surface area (Å²) in [5.41, 5.74) is 0.484. The second kappa shape index (κ2) is 5.71. The summed E-state index contributed by atoms with van der Waals surface area (Å²) in [6, 6.07) is 0.880. The fourth-order valence-electron chi connectivity index (χ4n) is 3.35. The Bertz CT molecular complexity index is 226. The van der Waals surface area contributed by atoms with E-state index in [1.165, 1.54) is 58.3 Å². The number of nitrogens with zero attached hydrogens (tertiary/aromatic N) is 1. The molecule has 2 unspecified atom stereocenters. The average Bonchev–Trinajstić information content (AvgIpc) is 2.75. The molecule has 17 heavy (non-hydrogen) atoms.